The van der Waals surface area contributed by atoms with Gasteiger partial charge in [0.15, 0.2) is 0 Å². The van der Waals surface area contributed by atoms with Gasteiger partial charge >= 0.3 is 0 Å². The molecule has 0 amide bonds. The molecule has 4 nitrogen and oxygen atoms in total. The molecule has 0 aliphatic carbocycles. The van der Waals surface area contributed by atoms with Gasteiger partial charge in [-0.25, -0.2) is 4.68 Å². The van der Waals surface area contributed by atoms with Crippen LogP contribution in [0.1, 0.15) is 19.9 Å². The van der Waals surface area contributed by atoms with Crippen molar-refractivity contribution in [3.8, 4) is 0 Å². The summed E-state index contributed by atoms with van der Waals surface area (Å²) in [5.41, 5.74) is 11.6. The summed E-state index contributed by atoms with van der Waals surface area (Å²) in [4.78, 5) is 0. The largest absolute Gasteiger partial charge is 0.394 e. The Morgan fingerprint density at radius 3 is 2.30 bits per heavy atom. The maximum atomic E-state index is 5.58. The summed E-state index contributed by atoms with van der Waals surface area (Å²) < 4.78 is 1.69. The Kier molecular flexibility index (Phi) is 1.53. The monoisotopic (exact) mass is 140 g/mol. The molecule has 0 saturated heterocycles. The highest BCUT2D eigenvalue weighted by atomic mass is 15.3. The zero-order valence-electron chi connectivity index (χ0n) is 6.20. The number of hydrogen-bond acceptors (Lipinski definition) is 3. The highest BCUT2D eigenvalue weighted by Gasteiger charge is 2.05. The Morgan fingerprint density at radius 2 is 2.10 bits per heavy atom. The van der Waals surface area contributed by atoms with Crippen LogP contribution in [-0.4, -0.2) is 9.78 Å². The van der Waals surface area contributed by atoms with Crippen molar-refractivity contribution in [2.75, 3.05) is 11.5 Å². The quantitative estimate of drug-likeness (QED) is 0.601. The van der Waals surface area contributed by atoms with Crippen LogP contribution in [0.3, 0.4) is 0 Å². The van der Waals surface area contributed by atoms with E-state index in [2.05, 4.69) is 5.10 Å². The molecule has 1 heterocycles. The smallest absolute Gasteiger partial charge is 0.145 e. The number of nitrogens with two attached hydrogens (primary N) is 2. The summed E-state index contributed by atoms with van der Waals surface area (Å²) in [6, 6.07) is 0.275. The van der Waals surface area contributed by atoms with Gasteiger partial charge in [-0.1, -0.05) is 0 Å². The van der Waals surface area contributed by atoms with E-state index in [9.17, 15) is 0 Å². The minimum Gasteiger partial charge on any atom is -0.394 e. The van der Waals surface area contributed by atoms with Crippen molar-refractivity contribution in [2.45, 2.75) is 19.9 Å². The average molecular weight is 140 g/mol. The molecule has 0 spiro atoms. The second-order valence-electron chi connectivity index (χ2n) is 2.52. The van der Waals surface area contributed by atoms with Gasteiger partial charge in [0.25, 0.3) is 0 Å². The maximum Gasteiger partial charge on any atom is 0.145 e. The summed E-state index contributed by atoms with van der Waals surface area (Å²) in [6.07, 6.45) is 1.56. The van der Waals surface area contributed by atoms with Crippen LogP contribution in [-0.2, 0) is 0 Å². The van der Waals surface area contributed by atoms with E-state index in [1.807, 2.05) is 13.8 Å². The van der Waals surface area contributed by atoms with Crippen molar-refractivity contribution < 1.29 is 0 Å². The molecule has 56 valence electrons. The van der Waals surface area contributed by atoms with Crippen LogP contribution in [0, 0.1) is 0 Å². The minimum absolute atomic E-state index is 0.275. The molecule has 0 aliphatic heterocycles. The van der Waals surface area contributed by atoms with Crippen molar-refractivity contribution in [1.29, 1.82) is 0 Å². The first-order valence-electron chi connectivity index (χ1n) is 3.21. The molecular weight excluding hydrogens is 128 g/mol. The van der Waals surface area contributed by atoms with Crippen LogP contribution >= 0.6 is 0 Å². The van der Waals surface area contributed by atoms with Crippen LogP contribution in [0.2, 0.25) is 0 Å². The number of nitrogen functional groups attached to an aromatic ring is 2. The van der Waals surface area contributed by atoms with Gasteiger partial charge < -0.3 is 11.5 Å². The van der Waals surface area contributed by atoms with E-state index in [0.717, 1.165) is 0 Å². The number of nitrogens with zero attached hydrogens (tertiary/aromatic N) is 2. The Hall–Kier alpha value is -1.19. The van der Waals surface area contributed by atoms with Crippen LogP contribution in [0.5, 0.6) is 0 Å². The first kappa shape index (κ1) is 6.92. The van der Waals surface area contributed by atoms with E-state index >= 15 is 0 Å². The van der Waals surface area contributed by atoms with Gasteiger partial charge in [0.1, 0.15) is 5.82 Å². The molecule has 0 unspecified atom stereocenters. The molecule has 1 aromatic rings. The van der Waals surface area contributed by atoms with Crippen molar-refractivity contribution in [2.24, 2.45) is 0 Å². The summed E-state index contributed by atoms with van der Waals surface area (Å²) in [5, 5.41) is 3.98. The lowest BCUT2D eigenvalue weighted by Crippen LogP contribution is -2.07. The van der Waals surface area contributed by atoms with Crippen molar-refractivity contribution in [1.82, 2.24) is 9.78 Å². The average Bonchev–Trinajstić information content (AvgIpc) is 2.14. The van der Waals surface area contributed by atoms with E-state index in [1.165, 1.54) is 0 Å². The van der Waals surface area contributed by atoms with E-state index in [0.29, 0.717) is 11.5 Å². The van der Waals surface area contributed by atoms with E-state index in [4.69, 9.17) is 11.5 Å². The highest BCUT2D eigenvalue weighted by molar-refractivity contribution is 5.57. The molecule has 10 heavy (non-hydrogen) atoms. The van der Waals surface area contributed by atoms with Gasteiger partial charge in [-0.3, -0.25) is 0 Å². The zero-order chi connectivity index (χ0) is 7.72. The molecule has 1 rings (SSSR count). The van der Waals surface area contributed by atoms with Gasteiger partial charge in [0.05, 0.1) is 11.9 Å². The molecule has 4 N–H and O–H groups in total. The van der Waals surface area contributed by atoms with Crippen molar-refractivity contribution >= 4 is 11.5 Å². The molecule has 0 aliphatic rings. The highest BCUT2D eigenvalue weighted by Crippen LogP contribution is 2.16. The normalized spacial score (nSPS) is 10.7. The predicted molar refractivity (Wildman–Crippen MR) is 41.4 cm³/mol. The topological polar surface area (TPSA) is 69.9 Å². The molecule has 0 bridgehead atoms. The lowest BCUT2D eigenvalue weighted by Gasteiger charge is -2.06. The molecule has 1 aromatic heterocycles. The molecule has 0 radical (unpaired) electrons. The fraction of sp³-hybridized carbons (Fsp3) is 0.500. The Balaban J connectivity index is 3.05. The van der Waals surface area contributed by atoms with E-state index in [-0.39, 0.29) is 6.04 Å². The SMILES string of the molecule is CC(C)n1ncc(N)c1N. The van der Waals surface area contributed by atoms with Gasteiger partial charge in [-0.2, -0.15) is 5.10 Å². The lowest BCUT2D eigenvalue weighted by molar-refractivity contribution is 0.541. The molecule has 0 aromatic carbocycles. The van der Waals surface area contributed by atoms with Gasteiger partial charge in [0, 0.05) is 6.04 Å². The van der Waals surface area contributed by atoms with Crippen molar-refractivity contribution in [3.05, 3.63) is 6.20 Å². The fourth-order valence-electron chi connectivity index (χ4n) is 0.797. The zero-order valence-corrected chi connectivity index (χ0v) is 6.20. The summed E-state index contributed by atoms with van der Waals surface area (Å²) in [5.74, 6) is 0.551. The fourth-order valence-corrected chi connectivity index (χ4v) is 0.797. The summed E-state index contributed by atoms with van der Waals surface area (Å²) in [6.45, 7) is 4.01. The third-order valence-corrected chi connectivity index (χ3v) is 1.35. The van der Waals surface area contributed by atoms with Crippen LogP contribution in [0.15, 0.2) is 6.20 Å². The summed E-state index contributed by atoms with van der Waals surface area (Å²) >= 11 is 0. The first-order chi connectivity index (χ1) is 4.63. The first-order valence-corrected chi connectivity index (χ1v) is 3.21. The van der Waals surface area contributed by atoms with Crippen LogP contribution in [0.4, 0.5) is 11.5 Å². The molecule has 0 fully saturated rings. The number of aromatic nitrogens is 2. The third-order valence-electron chi connectivity index (χ3n) is 1.35. The molecule has 0 atom stereocenters. The Bertz CT molecular complexity index is 226. The maximum absolute atomic E-state index is 5.58. The van der Waals surface area contributed by atoms with E-state index in [1.54, 1.807) is 10.9 Å². The number of rotatable bonds is 1. The van der Waals surface area contributed by atoms with Gasteiger partial charge in [-0.05, 0) is 13.8 Å². The summed E-state index contributed by atoms with van der Waals surface area (Å²) in [7, 11) is 0. The molecular formula is C6H12N4. The minimum atomic E-state index is 0.275. The molecule has 0 saturated carbocycles. The lowest BCUT2D eigenvalue weighted by atomic mass is 10.4. The van der Waals surface area contributed by atoms with Crippen LogP contribution in [0.25, 0.3) is 0 Å². The Labute approximate surface area is 59.8 Å². The van der Waals surface area contributed by atoms with Gasteiger partial charge in [0.2, 0.25) is 0 Å². The van der Waals surface area contributed by atoms with E-state index < -0.39 is 0 Å². The predicted octanol–water partition coefficient (Wildman–Crippen LogP) is 0.628. The number of anilines is 2. The molecule has 4 heteroatoms. The van der Waals surface area contributed by atoms with Crippen molar-refractivity contribution in [3.63, 3.8) is 0 Å². The van der Waals surface area contributed by atoms with Gasteiger partial charge in [-0.15, -0.1) is 0 Å². The second kappa shape index (κ2) is 2.21. The number of hydrogen-bond donors (Lipinski definition) is 2. The standard InChI is InChI=1S/C6H12N4/c1-4(2)10-6(8)5(7)3-9-10/h3-4H,7-8H2,1-2H3. The third kappa shape index (κ3) is 0.920. The van der Waals surface area contributed by atoms with Crippen LogP contribution < -0.4 is 11.5 Å². The Morgan fingerprint density at radius 1 is 1.50 bits per heavy atom. The second-order valence-corrected chi connectivity index (χ2v) is 2.52.